The van der Waals surface area contributed by atoms with Gasteiger partial charge >= 0.3 is 0 Å². The summed E-state index contributed by atoms with van der Waals surface area (Å²) in [7, 11) is 0. The van der Waals surface area contributed by atoms with Crippen LogP contribution in [0.1, 0.15) is 41.0 Å². The molecule has 0 saturated carbocycles. The number of aliphatic imine (C=N–C) groups is 1. The highest BCUT2D eigenvalue weighted by Crippen LogP contribution is 2.24. The standard InChI is InChI=1S/C26H24ClN5O/c1-17(29)24(18(2)32-22-10-9-21(15-28)25(27)14-22)13-19-6-5-7-20(12-19)26(33)31-16-23-8-3-4-11-30-23/h3-12,14H,13,16,29H2,1-2H3,(H,31,33). The lowest BCUT2D eigenvalue weighted by molar-refractivity contribution is 0.0950. The molecular formula is C26H24ClN5O. The first-order valence-corrected chi connectivity index (χ1v) is 10.7. The van der Waals surface area contributed by atoms with Gasteiger partial charge < -0.3 is 11.1 Å². The van der Waals surface area contributed by atoms with Crippen molar-refractivity contribution in [1.29, 1.82) is 5.26 Å². The summed E-state index contributed by atoms with van der Waals surface area (Å²) >= 11 is 6.13. The van der Waals surface area contributed by atoms with Crippen molar-refractivity contribution in [2.75, 3.05) is 0 Å². The third kappa shape index (κ3) is 6.52. The lowest BCUT2D eigenvalue weighted by atomic mass is 9.98. The third-order valence-electron chi connectivity index (χ3n) is 5.01. The maximum Gasteiger partial charge on any atom is 0.251 e. The summed E-state index contributed by atoms with van der Waals surface area (Å²) in [5, 5.41) is 12.3. The number of rotatable bonds is 7. The van der Waals surface area contributed by atoms with Crippen molar-refractivity contribution in [3.05, 3.63) is 106 Å². The number of nitrogens with one attached hydrogen (secondary N) is 1. The third-order valence-corrected chi connectivity index (χ3v) is 5.32. The molecule has 7 heteroatoms. The molecule has 0 bridgehead atoms. The van der Waals surface area contributed by atoms with Gasteiger partial charge in [-0.2, -0.15) is 5.26 Å². The van der Waals surface area contributed by atoms with Gasteiger partial charge in [0.2, 0.25) is 0 Å². The van der Waals surface area contributed by atoms with Gasteiger partial charge in [-0.3, -0.25) is 14.8 Å². The molecule has 0 aliphatic heterocycles. The van der Waals surface area contributed by atoms with E-state index < -0.39 is 0 Å². The molecule has 0 radical (unpaired) electrons. The number of aromatic nitrogens is 1. The lowest BCUT2D eigenvalue weighted by Gasteiger charge is -2.12. The fourth-order valence-corrected chi connectivity index (χ4v) is 3.50. The van der Waals surface area contributed by atoms with Crippen LogP contribution in [0.2, 0.25) is 5.02 Å². The van der Waals surface area contributed by atoms with E-state index in [0.29, 0.717) is 40.5 Å². The molecule has 0 saturated heterocycles. The summed E-state index contributed by atoms with van der Waals surface area (Å²) in [4.78, 5) is 21.5. The molecule has 2 aromatic carbocycles. The molecule has 0 unspecified atom stereocenters. The average Bonchev–Trinajstić information content (AvgIpc) is 2.81. The Bertz CT molecular complexity index is 1260. The molecule has 0 fully saturated rings. The summed E-state index contributed by atoms with van der Waals surface area (Å²) < 4.78 is 0. The Morgan fingerprint density at radius 3 is 2.64 bits per heavy atom. The van der Waals surface area contributed by atoms with Crippen LogP contribution in [0.15, 0.2) is 83.1 Å². The van der Waals surface area contributed by atoms with E-state index in [9.17, 15) is 4.79 Å². The number of hydrogen-bond donors (Lipinski definition) is 2. The quantitative estimate of drug-likeness (QED) is 0.481. The fourth-order valence-electron chi connectivity index (χ4n) is 3.28. The average molecular weight is 458 g/mol. The van der Waals surface area contributed by atoms with Crippen LogP contribution >= 0.6 is 11.6 Å². The van der Waals surface area contributed by atoms with E-state index in [1.807, 2.05) is 56.3 Å². The molecule has 166 valence electrons. The molecular weight excluding hydrogens is 434 g/mol. The second-order valence-corrected chi connectivity index (χ2v) is 7.92. The fraction of sp³-hybridized carbons (Fsp3) is 0.154. The smallest absolute Gasteiger partial charge is 0.251 e. The van der Waals surface area contributed by atoms with Crippen LogP contribution in [0.3, 0.4) is 0 Å². The summed E-state index contributed by atoms with van der Waals surface area (Å²) in [5.41, 5.74) is 11.7. The van der Waals surface area contributed by atoms with Gasteiger partial charge in [-0.15, -0.1) is 0 Å². The minimum Gasteiger partial charge on any atom is -0.402 e. The molecule has 3 aromatic rings. The first-order valence-electron chi connectivity index (χ1n) is 10.3. The molecule has 0 spiro atoms. The minimum absolute atomic E-state index is 0.171. The molecule has 0 aliphatic carbocycles. The molecule has 0 atom stereocenters. The van der Waals surface area contributed by atoms with Crippen LogP contribution in [0.5, 0.6) is 0 Å². The first-order chi connectivity index (χ1) is 15.9. The number of carbonyl (C=O) groups is 1. The maximum absolute atomic E-state index is 12.6. The SMILES string of the molecule is CC(=Nc1ccc(C#N)c(Cl)c1)C(Cc1cccc(C(=O)NCc2ccccn2)c1)=C(C)N. The Morgan fingerprint density at radius 2 is 1.97 bits per heavy atom. The number of nitrogens with zero attached hydrogens (tertiary/aromatic N) is 3. The van der Waals surface area contributed by atoms with Gasteiger partial charge in [-0.25, -0.2) is 0 Å². The molecule has 3 rings (SSSR count). The largest absolute Gasteiger partial charge is 0.402 e. The van der Waals surface area contributed by atoms with Gasteiger partial charge in [0, 0.05) is 29.6 Å². The Balaban J connectivity index is 1.76. The van der Waals surface area contributed by atoms with Crippen LogP contribution in [0.4, 0.5) is 5.69 Å². The van der Waals surface area contributed by atoms with Crippen molar-refractivity contribution < 1.29 is 4.79 Å². The van der Waals surface area contributed by atoms with Gasteiger partial charge in [0.1, 0.15) is 6.07 Å². The van der Waals surface area contributed by atoms with Crippen molar-refractivity contribution in [2.24, 2.45) is 10.7 Å². The monoisotopic (exact) mass is 457 g/mol. The molecule has 6 nitrogen and oxygen atoms in total. The predicted octanol–water partition coefficient (Wildman–Crippen LogP) is 5.10. The highest BCUT2D eigenvalue weighted by atomic mass is 35.5. The number of benzene rings is 2. The predicted molar refractivity (Wildman–Crippen MR) is 131 cm³/mol. The van der Waals surface area contributed by atoms with Crippen LogP contribution in [0, 0.1) is 11.3 Å². The van der Waals surface area contributed by atoms with E-state index >= 15 is 0 Å². The van der Waals surface area contributed by atoms with E-state index in [2.05, 4.69) is 15.3 Å². The highest BCUT2D eigenvalue weighted by Gasteiger charge is 2.11. The molecule has 1 aromatic heterocycles. The van der Waals surface area contributed by atoms with Crippen molar-refractivity contribution >= 4 is 28.9 Å². The van der Waals surface area contributed by atoms with Crippen molar-refractivity contribution in [1.82, 2.24) is 10.3 Å². The van der Waals surface area contributed by atoms with Gasteiger partial charge in [0.05, 0.1) is 28.5 Å². The molecule has 1 heterocycles. The van der Waals surface area contributed by atoms with Gasteiger partial charge in [-0.1, -0.05) is 29.8 Å². The van der Waals surface area contributed by atoms with Crippen molar-refractivity contribution in [2.45, 2.75) is 26.8 Å². The van der Waals surface area contributed by atoms with Crippen LogP contribution in [0.25, 0.3) is 0 Å². The zero-order valence-corrected chi connectivity index (χ0v) is 19.2. The van der Waals surface area contributed by atoms with Crippen molar-refractivity contribution in [3.8, 4) is 6.07 Å². The Kier molecular flexibility index (Phi) is 7.96. The van der Waals surface area contributed by atoms with E-state index in [4.69, 9.17) is 22.6 Å². The van der Waals surface area contributed by atoms with E-state index in [-0.39, 0.29) is 5.91 Å². The Morgan fingerprint density at radius 1 is 1.15 bits per heavy atom. The number of hydrogen-bond acceptors (Lipinski definition) is 5. The minimum atomic E-state index is -0.171. The van der Waals surface area contributed by atoms with Crippen LogP contribution < -0.4 is 11.1 Å². The maximum atomic E-state index is 12.6. The van der Waals surface area contributed by atoms with Crippen LogP contribution in [-0.4, -0.2) is 16.6 Å². The summed E-state index contributed by atoms with van der Waals surface area (Å²) in [5.74, 6) is -0.171. The first kappa shape index (κ1) is 23.7. The summed E-state index contributed by atoms with van der Waals surface area (Å²) in [6.45, 7) is 4.06. The lowest BCUT2D eigenvalue weighted by Crippen LogP contribution is -2.23. The second kappa shape index (κ2) is 11.1. The molecule has 3 N–H and O–H groups in total. The number of allylic oxidation sites excluding steroid dienone is 2. The Labute approximate surface area is 198 Å². The van der Waals surface area contributed by atoms with E-state index in [1.54, 1.807) is 30.5 Å². The van der Waals surface area contributed by atoms with Gasteiger partial charge in [-0.05, 0) is 67.4 Å². The van der Waals surface area contributed by atoms with Gasteiger partial charge in [0.15, 0.2) is 0 Å². The molecule has 0 aliphatic rings. The number of halogens is 1. The number of pyridine rings is 1. The second-order valence-electron chi connectivity index (χ2n) is 7.52. The number of carbonyl (C=O) groups excluding carboxylic acids is 1. The number of amides is 1. The summed E-state index contributed by atoms with van der Waals surface area (Å²) in [6, 6.07) is 20.1. The van der Waals surface area contributed by atoms with E-state index in [1.165, 1.54) is 0 Å². The van der Waals surface area contributed by atoms with Crippen LogP contribution in [-0.2, 0) is 13.0 Å². The van der Waals surface area contributed by atoms with Crippen molar-refractivity contribution in [3.63, 3.8) is 0 Å². The van der Waals surface area contributed by atoms with Gasteiger partial charge in [0.25, 0.3) is 5.91 Å². The highest BCUT2D eigenvalue weighted by molar-refractivity contribution is 6.32. The molecule has 33 heavy (non-hydrogen) atoms. The van der Waals surface area contributed by atoms with E-state index in [0.717, 1.165) is 22.5 Å². The zero-order valence-electron chi connectivity index (χ0n) is 18.5. The normalized spacial score (nSPS) is 12.0. The number of nitriles is 1. The number of nitrogens with two attached hydrogens (primary N) is 1. The zero-order chi connectivity index (χ0) is 23.8. The topological polar surface area (TPSA) is 104 Å². The Hall–Kier alpha value is -3.95. The summed E-state index contributed by atoms with van der Waals surface area (Å²) in [6.07, 6.45) is 2.21. The molecule has 1 amide bonds.